The first-order valence-corrected chi connectivity index (χ1v) is 9.79. The van der Waals surface area contributed by atoms with Crippen molar-refractivity contribution in [1.82, 2.24) is 19.6 Å². The summed E-state index contributed by atoms with van der Waals surface area (Å²) in [7, 11) is 0. The zero-order valence-electron chi connectivity index (χ0n) is 13.8. The minimum atomic E-state index is -0.136. The van der Waals surface area contributed by atoms with Crippen molar-refractivity contribution < 1.29 is 4.74 Å². The van der Waals surface area contributed by atoms with Gasteiger partial charge >= 0.3 is 0 Å². The highest BCUT2D eigenvalue weighted by molar-refractivity contribution is 7.99. The number of hydrogen-bond donors (Lipinski definition) is 0. The Labute approximate surface area is 143 Å². The Bertz CT molecular complexity index is 897. The second-order valence-electron chi connectivity index (χ2n) is 6.37. The molecule has 0 atom stereocenters. The molecule has 0 bridgehead atoms. The molecule has 0 fully saturated rings. The van der Waals surface area contributed by atoms with Crippen molar-refractivity contribution in [3.8, 4) is 0 Å². The van der Waals surface area contributed by atoms with E-state index in [4.69, 9.17) is 9.72 Å². The van der Waals surface area contributed by atoms with E-state index in [1.54, 1.807) is 23.1 Å². The van der Waals surface area contributed by atoms with Gasteiger partial charge < -0.3 is 4.74 Å². The molecule has 7 heteroatoms. The molecular formula is C16H20N4OS2. The van der Waals surface area contributed by atoms with Gasteiger partial charge in [0.05, 0.1) is 17.6 Å². The molecule has 0 unspecified atom stereocenters. The Hall–Kier alpha value is -1.18. The number of ether oxygens (including phenoxy) is 1. The van der Waals surface area contributed by atoms with E-state index in [2.05, 4.69) is 42.3 Å². The topological polar surface area (TPSA) is 52.3 Å². The maximum atomic E-state index is 5.97. The maximum absolute atomic E-state index is 5.97. The van der Waals surface area contributed by atoms with Crippen LogP contribution in [0.5, 0.6) is 0 Å². The fraction of sp³-hybridized carbons (Fsp3) is 0.562. The lowest BCUT2D eigenvalue weighted by molar-refractivity contribution is -0.0379. The summed E-state index contributed by atoms with van der Waals surface area (Å²) in [6.45, 7) is 9.23. The first-order valence-electron chi connectivity index (χ1n) is 7.99. The fourth-order valence-corrected chi connectivity index (χ4v) is 4.93. The molecule has 0 N–H and O–H groups in total. The monoisotopic (exact) mass is 348 g/mol. The number of rotatable bonds is 3. The molecule has 4 rings (SSSR count). The maximum Gasteiger partial charge on any atom is 0.197 e. The summed E-state index contributed by atoms with van der Waals surface area (Å²) in [6, 6.07) is 0. The van der Waals surface area contributed by atoms with Crippen molar-refractivity contribution >= 4 is 39.0 Å². The Kier molecular flexibility index (Phi) is 3.62. The highest BCUT2D eigenvalue weighted by Crippen LogP contribution is 2.40. The average Bonchev–Trinajstić information content (AvgIpc) is 3.07. The van der Waals surface area contributed by atoms with Crippen molar-refractivity contribution in [2.75, 3.05) is 5.75 Å². The minimum absolute atomic E-state index is 0.136. The van der Waals surface area contributed by atoms with Crippen molar-refractivity contribution in [3.05, 3.63) is 16.3 Å². The van der Waals surface area contributed by atoms with Gasteiger partial charge in [-0.3, -0.25) is 4.40 Å². The lowest BCUT2D eigenvalue weighted by Crippen LogP contribution is -2.31. The van der Waals surface area contributed by atoms with Gasteiger partial charge in [-0.25, -0.2) is 4.98 Å². The quantitative estimate of drug-likeness (QED) is 0.673. The number of nitrogens with zero attached hydrogens (tertiary/aromatic N) is 4. The molecule has 3 aromatic rings. The summed E-state index contributed by atoms with van der Waals surface area (Å²) >= 11 is 3.46. The Morgan fingerprint density at radius 1 is 1.30 bits per heavy atom. The van der Waals surface area contributed by atoms with E-state index in [0.717, 1.165) is 40.1 Å². The number of fused-ring (bicyclic) bond motifs is 5. The van der Waals surface area contributed by atoms with Crippen LogP contribution in [-0.2, 0) is 24.2 Å². The Morgan fingerprint density at radius 2 is 2.13 bits per heavy atom. The SMILES string of the molecule is CCSc1nnc2c3c4c(sc3nc(CC)n12)COC(C)(C)C4. The van der Waals surface area contributed by atoms with Crippen LogP contribution >= 0.6 is 23.1 Å². The van der Waals surface area contributed by atoms with Gasteiger partial charge in [0.15, 0.2) is 10.8 Å². The minimum Gasteiger partial charge on any atom is -0.370 e. The summed E-state index contributed by atoms with van der Waals surface area (Å²) in [5.74, 6) is 2.01. The van der Waals surface area contributed by atoms with Crippen molar-refractivity contribution in [2.24, 2.45) is 0 Å². The van der Waals surface area contributed by atoms with Gasteiger partial charge in [0.2, 0.25) is 0 Å². The number of aromatic nitrogens is 4. The molecule has 0 spiro atoms. The van der Waals surface area contributed by atoms with E-state index in [9.17, 15) is 0 Å². The summed E-state index contributed by atoms with van der Waals surface area (Å²) < 4.78 is 8.11. The molecule has 23 heavy (non-hydrogen) atoms. The predicted octanol–water partition coefficient (Wildman–Crippen LogP) is 3.86. The van der Waals surface area contributed by atoms with E-state index in [0.29, 0.717) is 6.61 Å². The molecule has 1 aliphatic heterocycles. The zero-order valence-corrected chi connectivity index (χ0v) is 15.5. The third kappa shape index (κ3) is 2.37. The first kappa shape index (κ1) is 15.4. The van der Waals surface area contributed by atoms with Crippen LogP contribution in [0.15, 0.2) is 5.16 Å². The lowest BCUT2D eigenvalue weighted by Gasteiger charge is -2.30. The smallest absolute Gasteiger partial charge is 0.197 e. The predicted molar refractivity (Wildman–Crippen MR) is 94.5 cm³/mol. The normalized spacial score (nSPS) is 17.0. The fourth-order valence-electron chi connectivity index (χ4n) is 3.14. The third-order valence-corrected chi connectivity index (χ3v) is 6.11. The van der Waals surface area contributed by atoms with Gasteiger partial charge in [0.1, 0.15) is 10.7 Å². The summed E-state index contributed by atoms with van der Waals surface area (Å²) in [5, 5.41) is 11.1. The van der Waals surface area contributed by atoms with Gasteiger partial charge in [0.25, 0.3) is 0 Å². The molecule has 5 nitrogen and oxygen atoms in total. The van der Waals surface area contributed by atoms with Crippen molar-refractivity contribution in [1.29, 1.82) is 0 Å². The highest BCUT2D eigenvalue weighted by atomic mass is 32.2. The molecule has 4 heterocycles. The van der Waals surface area contributed by atoms with Gasteiger partial charge in [-0.15, -0.1) is 21.5 Å². The van der Waals surface area contributed by atoms with Gasteiger partial charge in [0, 0.05) is 17.7 Å². The standard InChI is InChI=1S/C16H20N4OS2/c1-5-11-17-14-12(13-18-19-15(20(11)13)22-6-2)9-7-16(3,4)21-8-10(9)23-14/h5-8H2,1-4H3. The molecule has 0 radical (unpaired) electrons. The zero-order chi connectivity index (χ0) is 16.2. The van der Waals surface area contributed by atoms with Crippen LogP contribution < -0.4 is 0 Å². The van der Waals surface area contributed by atoms with Gasteiger partial charge in [-0.1, -0.05) is 25.6 Å². The van der Waals surface area contributed by atoms with E-state index in [1.807, 2.05) is 0 Å². The van der Waals surface area contributed by atoms with Crippen molar-refractivity contribution in [3.63, 3.8) is 0 Å². The summed E-state index contributed by atoms with van der Waals surface area (Å²) in [6.07, 6.45) is 1.76. The highest BCUT2D eigenvalue weighted by Gasteiger charge is 2.31. The molecule has 0 aliphatic carbocycles. The molecule has 3 aromatic heterocycles. The van der Waals surface area contributed by atoms with Crippen LogP contribution in [0, 0.1) is 0 Å². The molecule has 122 valence electrons. The van der Waals surface area contributed by atoms with Crippen LogP contribution in [0.4, 0.5) is 0 Å². The van der Waals surface area contributed by atoms with Crippen LogP contribution in [0.1, 0.15) is 44.0 Å². The molecule has 0 aromatic carbocycles. The van der Waals surface area contributed by atoms with Crippen molar-refractivity contribution in [2.45, 2.75) is 57.9 Å². The molecular weight excluding hydrogens is 328 g/mol. The second kappa shape index (κ2) is 5.43. The average molecular weight is 348 g/mol. The van der Waals surface area contributed by atoms with Crippen LogP contribution in [0.25, 0.3) is 15.9 Å². The van der Waals surface area contributed by atoms with Crippen LogP contribution in [0.2, 0.25) is 0 Å². The third-order valence-electron chi connectivity index (χ3n) is 4.20. The van der Waals surface area contributed by atoms with Gasteiger partial charge in [-0.05, 0) is 25.2 Å². The van der Waals surface area contributed by atoms with E-state index >= 15 is 0 Å². The molecule has 0 saturated heterocycles. The number of aryl methyl sites for hydroxylation is 1. The molecule has 0 amide bonds. The lowest BCUT2D eigenvalue weighted by atomic mass is 9.94. The second-order valence-corrected chi connectivity index (χ2v) is 8.68. The molecule has 0 saturated carbocycles. The Balaban J connectivity index is 2.05. The van der Waals surface area contributed by atoms with Crippen LogP contribution in [-0.4, -0.2) is 30.9 Å². The Morgan fingerprint density at radius 3 is 2.87 bits per heavy atom. The summed E-state index contributed by atoms with van der Waals surface area (Å²) in [4.78, 5) is 7.28. The number of thiophene rings is 1. The van der Waals surface area contributed by atoms with E-state index in [1.165, 1.54) is 15.8 Å². The first-order chi connectivity index (χ1) is 11.0. The van der Waals surface area contributed by atoms with Crippen LogP contribution in [0.3, 0.4) is 0 Å². The number of hydrogen-bond acceptors (Lipinski definition) is 6. The number of thioether (sulfide) groups is 1. The van der Waals surface area contributed by atoms with E-state index < -0.39 is 0 Å². The summed E-state index contributed by atoms with van der Waals surface area (Å²) in [5.41, 5.74) is 2.17. The molecule has 1 aliphatic rings. The largest absolute Gasteiger partial charge is 0.370 e. The van der Waals surface area contributed by atoms with E-state index in [-0.39, 0.29) is 5.60 Å². The van der Waals surface area contributed by atoms with Gasteiger partial charge in [-0.2, -0.15) is 0 Å².